The first kappa shape index (κ1) is 13.2. The fraction of sp³-hybridized carbons (Fsp3) is 0.333. The molecule has 0 saturated carbocycles. The molecule has 0 bridgehead atoms. The van der Waals surface area contributed by atoms with E-state index in [2.05, 4.69) is 15.6 Å². The quantitative estimate of drug-likeness (QED) is 0.635. The van der Waals surface area contributed by atoms with Crippen LogP contribution in [0.4, 0.5) is 5.69 Å². The van der Waals surface area contributed by atoms with Crippen molar-refractivity contribution in [2.45, 2.75) is 6.92 Å². The Labute approximate surface area is 101 Å². The van der Waals surface area contributed by atoms with Gasteiger partial charge in [0.05, 0.1) is 0 Å². The van der Waals surface area contributed by atoms with Gasteiger partial charge in [0.2, 0.25) is 0 Å². The van der Waals surface area contributed by atoms with Gasteiger partial charge in [-0.15, -0.1) is 0 Å². The van der Waals surface area contributed by atoms with Crippen LogP contribution in [0.15, 0.2) is 30.5 Å². The van der Waals surface area contributed by atoms with Crippen molar-refractivity contribution < 1.29 is 4.79 Å². The van der Waals surface area contributed by atoms with Crippen LogP contribution in [-0.4, -0.2) is 30.5 Å². The van der Waals surface area contributed by atoms with E-state index in [1.165, 1.54) is 0 Å². The summed E-state index contributed by atoms with van der Waals surface area (Å²) in [5.41, 5.74) is 6.61. The molecule has 0 radical (unpaired) electrons. The first-order valence-electron chi connectivity index (χ1n) is 5.61. The van der Waals surface area contributed by atoms with Gasteiger partial charge in [-0.3, -0.25) is 9.78 Å². The second-order valence-corrected chi connectivity index (χ2v) is 3.38. The van der Waals surface area contributed by atoms with E-state index in [1.807, 2.05) is 25.1 Å². The van der Waals surface area contributed by atoms with Crippen LogP contribution in [0.25, 0.3) is 0 Å². The van der Waals surface area contributed by atoms with Crippen LogP contribution in [0.5, 0.6) is 0 Å². The molecule has 1 heterocycles. The number of amides is 1. The zero-order valence-corrected chi connectivity index (χ0v) is 9.94. The molecule has 4 N–H and O–H groups in total. The number of hydrogen-bond donors (Lipinski definition) is 3. The van der Waals surface area contributed by atoms with E-state index < -0.39 is 0 Å². The van der Waals surface area contributed by atoms with Crippen molar-refractivity contribution in [3.05, 3.63) is 36.2 Å². The Bertz CT molecular complexity index is 390. The highest BCUT2D eigenvalue weighted by Crippen LogP contribution is 2.07. The minimum atomic E-state index is -0.159. The SMILES string of the molecule is CCNC(=O)c1cc(NC/C=C/CN)ccn1. The molecule has 0 unspecified atom stereocenters. The lowest BCUT2D eigenvalue weighted by Gasteiger charge is -2.05. The maximum Gasteiger partial charge on any atom is 0.269 e. The number of hydrogen-bond acceptors (Lipinski definition) is 4. The van der Waals surface area contributed by atoms with Gasteiger partial charge in [0.1, 0.15) is 5.69 Å². The van der Waals surface area contributed by atoms with Gasteiger partial charge < -0.3 is 16.4 Å². The van der Waals surface area contributed by atoms with Crippen LogP contribution in [-0.2, 0) is 0 Å². The maximum absolute atomic E-state index is 11.5. The number of nitrogens with zero attached hydrogens (tertiary/aromatic N) is 1. The van der Waals surface area contributed by atoms with E-state index >= 15 is 0 Å². The molecule has 0 fully saturated rings. The predicted molar refractivity (Wildman–Crippen MR) is 68.9 cm³/mol. The number of pyridine rings is 1. The van der Waals surface area contributed by atoms with Crippen molar-refractivity contribution in [1.29, 1.82) is 0 Å². The number of aromatic nitrogens is 1. The minimum Gasteiger partial charge on any atom is -0.381 e. The lowest BCUT2D eigenvalue weighted by molar-refractivity contribution is 0.0951. The fourth-order valence-corrected chi connectivity index (χ4v) is 1.27. The molecule has 0 atom stereocenters. The summed E-state index contributed by atoms with van der Waals surface area (Å²) in [6.45, 7) is 3.67. The number of nitrogens with two attached hydrogens (primary N) is 1. The molecule has 92 valence electrons. The molecule has 0 saturated heterocycles. The Morgan fingerprint density at radius 1 is 1.53 bits per heavy atom. The second-order valence-electron chi connectivity index (χ2n) is 3.38. The lowest BCUT2D eigenvalue weighted by Crippen LogP contribution is -2.23. The van der Waals surface area contributed by atoms with Gasteiger partial charge in [-0.1, -0.05) is 12.2 Å². The predicted octanol–water partition coefficient (Wildman–Crippen LogP) is 0.758. The molecule has 17 heavy (non-hydrogen) atoms. The topological polar surface area (TPSA) is 80.0 Å². The van der Waals surface area contributed by atoms with Crippen molar-refractivity contribution in [2.75, 3.05) is 25.0 Å². The van der Waals surface area contributed by atoms with Crippen molar-refractivity contribution in [1.82, 2.24) is 10.3 Å². The molecule has 0 aromatic carbocycles. The molecule has 0 spiro atoms. The van der Waals surface area contributed by atoms with Gasteiger partial charge in [-0.2, -0.15) is 0 Å². The van der Waals surface area contributed by atoms with Crippen LogP contribution in [0.1, 0.15) is 17.4 Å². The number of anilines is 1. The molecule has 1 aromatic rings. The molecule has 5 heteroatoms. The van der Waals surface area contributed by atoms with Gasteiger partial charge in [0, 0.05) is 31.5 Å². The zero-order chi connectivity index (χ0) is 12.5. The number of carbonyl (C=O) groups excluding carboxylic acids is 1. The largest absolute Gasteiger partial charge is 0.381 e. The van der Waals surface area contributed by atoms with Crippen LogP contribution in [0.2, 0.25) is 0 Å². The highest BCUT2D eigenvalue weighted by Gasteiger charge is 2.05. The summed E-state index contributed by atoms with van der Waals surface area (Å²) in [5, 5.41) is 5.86. The number of rotatable bonds is 6. The molecule has 0 aliphatic carbocycles. The third-order valence-corrected chi connectivity index (χ3v) is 2.06. The van der Waals surface area contributed by atoms with Gasteiger partial charge >= 0.3 is 0 Å². The van der Waals surface area contributed by atoms with Crippen molar-refractivity contribution >= 4 is 11.6 Å². The molecular weight excluding hydrogens is 216 g/mol. The summed E-state index contributed by atoms with van der Waals surface area (Å²) in [6, 6.07) is 3.54. The molecular formula is C12H18N4O. The van der Waals surface area contributed by atoms with Gasteiger partial charge in [0.25, 0.3) is 5.91 Å². The molecule has 1 aromatic heterocycles. The summed E-state index contributed by atoms with van der Waals surface area (Å²) in [7, 11) is 0. The van der Waals surface area contributed by atoms with Gasteiger partial charge in [-0.25, -0.2) is 0 Å². The summed E-state index contributed by atoms with van der Waals surface area (Å²) in [6.07, 6.45) is 5.42. The van der Waals surface area contributed by atoms with Gasteiger partial charge in [0.15, 0.2) is 0 Å². The van der Waals surface area contributed by atoms with E-state index in [0.717, 1.165) is 5.69 Å². The first-order valence-corrected chi connectivity index (χ1v) is 5.61. The molecule has 0 aliphatic heterocycles. The monoisotopic (exact) mass is 234 g/mol. The third kappa shape index (κ3) is 4.65. The van der Waals surface area contributed by atoms with E-state index in [1.54, 1.807) is 12.3 Å². The standard InChI is InChI=1S/C12H18N4O/c1-2-14-12(17)11-9-10(5-8-16-11)15-7-4-3-6-13/h3-5,8-9H,2,6-7,13H2,1H3,(H,14,17)(H,15,16)/b4-3+. The summed E-state index contributed by atoms with van der Waals surface area (Å²) in [5.74, 6) is -0.159. The Hall–Kier alpha value is -1.88. The van der Waals surface area contributed by atoms with Crippen LogP contribution >= 0.6 is 0 Å². The Morgan fingerprint density at radius 2 is 2.35 bits per heavy atom. The van der Waals surface area contributed by atoms with Crippen LogP contribution in [0.3, 0.4) is 0 Å². The van der Waals surface area contributed by atoms with Gasteiger partial charge in [-0.05, 0) is 19.1 Å². The average Bonchev–Trinajstić information content (AvgIpc) is 2.35. The minimum absolute atomic E-state index is 0.159. The smallest absolute Gasteiger partial charge is 0.269 e. The Kier molecular flexibility index (Phi) is 5.74. The van der Waals surface area contributed by atoms with E-state index in [0.29, 0.717) is 25.3 Å². The van der Waals surface area contributed by atoms with Crippen LogP contribution in [0, 0.1) is 0 Å². The fourth-order valence-electron chi connectivity index (χ4n) is 1.27. The second kappa shape index (κ2) is 7.40. The summed E-state index contributed by atoms with van der Waals surface area (Å²) >= 11 is 0. The van der Waals surface area contributed by atoms with Crippen molar-refractivity contribution in [3.63, 3.8) is 0 Å². The molecule has 0 aliphatic rings. The molecule has 1 rings (SSSR count). The average molecular weight is 234 g/mol. The zero-order valence-electron chi connectivity index (χ0n) is 9.94. The molecule has 5 nitrogen and oxygen atoms in total. The highest BCUT2D eigenvalue weighted by atomic mass is 16.1. The number of carbonyl (C=O) groups is 1. The highest BCUT2D eigenvalue weighted by molar-refractivity contribution is 5.93. The first-order chi connectivity index (χ1) is 8.27. The summed E-state index contributed by atoms with van der Waals surface area (Å²) in [4.78, 5) is 15.6. The lowest BCUT2D eigenvalue weighted by atomic mass is 10.3. The maximum atomic E-state index is 11.5. The Balaban J connectivity index is 2.59. The van der Waals surface area contributed by atoms with E-state index in [9.17, 15) is 4.79 Å². The Morgan fingerprint density at radius 3 is 3.06 bits per heavy atom. The third-order valence-electron chi connectivity index (χ3n) is 2.06. The van der Waals surface area contributed by atoms with E-state index in [4.69, 9.17) is 5.73 Å². The van der Waals surface area contributed by atoms with E-state index in [-0.39, 0.29) is 5.91 Å². The van der Waals surface area contributed by atoms with Crippen LogP contribution < -0.4 is 16.4 Å². The summed E-state index contributed by atoms with van der Waals surface area (Å²) < 4.78 is 0. The molecule has 1 amide bonds. The number of nitrogens with one attached hydrogen (secondary N) is 2. The van der Waals surface area contributed by atoms with Crippen molar-refractivity contribution in [3.8, 4) is 0 Å². The van der Waals surface area contributed by atoms with Crippen molar-refractivity contribution in [2.24, 2.45) is 5.73 Å². The normalized spacial score (nSPS) is 10.5.